The highest BCUT2D eigenvalue weighted by Crippen LogP contribution is 2.28. The zero-order valence-corrected chi connectivity index (χ0v) is 12.3. The van der Waals surface area contributed by atoms with Crippen LogP contribution >= 0.6 is 11.8 Å². The first-order valence-electron chi connectivity index (χ1n) is 6.19. The maximum absolute atomic E-state index is 10.8. The van der Waals surface area contributed by atoms with Gasteiger partial charge in [0.25, 0.3) is 0 Å². The molecule has 5 heteroatoms. The number of anilines is 1. The summed E-state index contributed by atoms with van der Waals surface area (Å²) in [6, 6.07) is 3.56. The Hall–Kier alpha value is -1.04. The lowest BCUT2D eigenvalue weighted by Crippen LogP contribution is -2.21. The van der Waals surface area contributed by atoms with Crippen LogP contribution in [0.2, 0.25) is 0 Å². The van der Waals surface area contributed by atoms with Crippen molar-refractivity contribution in [1.29, 1.82) is 0 Å². The van der Waals surface area contributed by atoms with Gasteiger partial charge in [0.05, 0.1) is 6.10 Å². The van der Waals surface area contributed by atoms with Gasteiger partial charge in [-0.2, -0.15) is 0 Å². The van der Waals surface area contributed by atoms with Gasteiger partial charge in [0.2, 0.25) is 0 Å². The SMILES string of the molecule is CC(=O)SCCC(O)C(O)c1c(C)cc(N)cc1C. The summed E-state index contributed by atoms with van der Waals surface area (Å²) in [6.07, 6.45) is -1.46. The largest absolute Gasteiger partial charge is 0.399 e. The molecule has 0 aromatic heterocycles. The Morgan fingerprint density at radius 2 is 1.84 bits per heavy atom. The van der Waals surface area contributed by atoms with Crippen molar-refractivity contribution >= 4 is 22.6 Å². The van der Waals surface area contributed by atoms with Crippen molar-refractivity contribution in [3.63, 3.8) is 0 Å². The smallest absolute Gasteiger partial charge is 0.185 e. The third-order valence-electron chi connectivity index (χ3n) is 3.00. The molecule has 0 aliphatic heterocycles. The molecular formula is C14H21NO3S. The molecule has 2 atom stereocenters. The number of carbonyl (C=O) groups excluding carboxylic acids is 1. The van der Waals surface area contributed by atoms with E-state index >= 15 is 0 Å². The van der Waals surface area contributed by atoms with Crippen LogP contribution in [0, 0.1) is 13.8 Å². The van der Waals surface area contributed by atoms with Crippen molar-refractivity contribution in [1.82, 2.24) is 0 Å². The summed E-state index contributed by atoms with van der Waals surface area (Å²) >= 11 is 1.15. The Morgan fingerprint density at radius 3 is 2.32 bits per heavy atom. The lowest BCUT2D eigenvalue weighted by atomic mass is 9.93. The fourth-order valence-electron chi connectivity index (χ4n) is 2.15. The molecular weight excluding hydrogens is 262 g/mol. The second kappa shape index (κ2) is 6.93. The van der Waals surface area contributed by atoms with Gasteiger partial charge in [0, 0.05) is 18.4 Å². The minimum atomic E-state index is -0.951. The first-order chi connectivity index (χ1) is 8.82. The molecule has 1 aromatic rings. The summed E-state index contributed by atoms with van der Waals surface area (Å²) in [7, 11) is 0. The summed E-state index contributed by atoms with van der Waals surface area (Å²) in [5.41, 5.74) is 8.82. The van der Waals surface area contributed by atoms with Crippen LogP contribution in [-0.4, -0.2) is 27.2 Å². The lowest BCUT2D eigenvalue weighted by Gasteiger charge is -2.22. The number of nitrogens with two attached hydrogens (primary N) is 1. The van der Waals surface area contributed by atoms with Gasteiger partial charge in [-0.25, -0.2) is 0 Å². The Morgan fingerprint density at radius 1 is 1.32 bits per heavy atom. The average Bonchev–Trinajstić information content (AvgIpc) is 2.26. The van der Waals surface area contributed by atoms with Crippen LogP contribution in [0.5, 0.6) is 0 Å². The van der Waals surface area contributed by atoms with Crippen molar-refractivity contribution in [3.8, 4) is 0 Å². The van der Waals surface area contributed by atoms with Crippen LogP contribution in [0.4, 0.5) is 5.69 Å². The maximum atomic E-state index is 10.8. The van der Waals surface area contributed by atoms with Crippen LogP contribution < -0.4 is 5.73 Å². The fraction of sp³-hybridized carbons (Fsp3) is 0.500. The number of benzene rings is 1. The van der Waals surface area contributed by atoms with Crippen molar-refractivity contribution in [2.45, 2.75) is 39.4 Å². The molecule has 1 rings (SSSR count). The molecule has 0 radical (unpaired) electrons. The molecule has 106 valence electrons. The van der Waals surface area contributed by atoms with E-state index in [9.17, 15) is 15.0 Å². The quantitative estimate of drug-likeness (QED) is 0.719. The van der Waals surface area contributed by atoms with E-state index in [1.165, 1.54) is 6.92 Å². The topological polar surface area (TPSA) is 83.5 Å². The van der Waals surface area contributed by atoms with Crippen molar-refractivity contribution in [2.75, 3.05) is 11.5 Å². The third-order valence-corrected chi connectivity index (χ3v) is 3.84. The van der Waals surface area contributed by atoms with Gasteiger partial charge in [0.15, 0.2) is 5.12 Å². The minimum absolute atomic E-state index is 0.0153. The lowest BCUT2D eigenvalue weighted by molar-refractivity contribution is -0.109. The number of nitrogen functional groups attached to an aromatic ring is 1. The minimum Gasteiger partial charge on any atom is -0.399 e. The Balaban J connectivity index is 2.76. The highest BCUT2D eigenvalue weighted by atomic mass is 32.2. The molecule has 0 fully saturated rings. The Labute approximate surface area is 118 Å². The summed E-state index contributed by atoms with van der Waals surface area (Å²) in [5.74, 6) is 0.501. The molecule has 0 saturated carbocycles. The van der Waals surface area contributed by atoms with E-state index in [1.54, 1.807) is 12.1 Å². The van der Waals surface area contributed by atoms with Crippen molar-refractivity contribution in [2.24, 2.45) is 0 Å². The molecule has 4 nitrogen and oxygen atoms in total. The molecule has 19 heavy (non-hydrogen) atoms. The highest BCUT2D eigenvalue weighted by molar-refractivity contribution is 8.13. The maximum Gasteiger partial charge on any atom is 0.185 e. The van der Waals surface area contributed by atoms with E-state index in [-0.39, 0.29) is 5.12 Å². The molecule has 2 unspecified atom stereocenters. The number of rotatable bonds is 5. The van der Waals surface area contributed by atoms with E-state index in [1.807, 2.05) is 13.8 Å². The second-order valence-corrected chi connectivity index (χ2v) is 5.98. The van der Waals surface area contributed by atoms with E-state index in [4.69, 9.17) is 5.73 Å². The molecule has 0 amide bonds. The van der Waals surface area contributed by atoms with Crippen LogP contribution in [0.1, 0.15) is 36.1 Å². The number of aliphatic hydroxyl groups is 2. The molecule has 0 bridgehead atoms. The predicted octanol–water partition coefficient (Wildman–Crippen LogP) is 1.95. The summed E-state index contributed by atoms with van der Waals surface area (Å²) < 4.78 is 0. The number of hydrogen-bond acceptors (Lipinski definition) is 5. The predicted molar refractivity (Wildman–Crippen MR) is 79.1 cm³/mol. The molecule has 4 N–H and O–H groups in total. The number of thioether (sulfide) groups is 1. The van der Waals surface area contributed by atoms with Gasteiger partial charge in [0.1, 0.15) is 6.10 Å². The zero-order valence-electron chi connectivity index (χ0n) is 11.5. The molecule has 1 aromatic carbocycles. The van der Waals surface area contributed by atoms with E-state index < -0.39 is 12.2 Å². The van der Waals surface area contributed by atoms with Crippen LogP contribution in [0.3, 0.4) is 0 Å². The average molecular weight is 283 g/mol. The van der Waals surface area contributed by atoms with Crippen LogP contribution in [-0.2, 0) is 4.79 Å². The number of hydrogen-bond donors (Lipinski definition) is 3. The normalized spacial score (nSPS) is 14.2. The van der Waals surface area contributed by atoms with Crippen molar-refractivity contribution < 1.29 is 15.0 Å². The number of carbonyl (C=O) groups is 1. The van der Waals surface area contributed by atoms with Gasteiger partial charge in [-0.3, -0.25) is 4.79 Å². The van der Waals surface area contributed by atoms with Gasteiger partial charge in [-0.05, 0) is 49.1 Å². The standard InChI is InChI=1S/C14H21NO3S/c1-8-6-11(15)7-9(2)13(8)14(18)12(17)4-5-19-10(3)16/h6-7,12,14,17-18H,4-5,15H2,1-3H3. The molecule has 0 saturated heterocycles. The van der Waals surface area contributed by atoms with Crippen LogP contribution in [0.25, 0.3) is 0 Å². The van der Waals surface area contributed by atoms with E-state index in [0.717, 1.165) is 28.5 Å². The van der Waals surface area contributed by atoms with Gasteiger partial charge >= 0.3 is 0 Å². The summed E-state index contributed by atoms with van der Waals surface area (Å²) in [5, 5.41) is 20.2. The van der Waals surface area contributed by atoms with Gasteiger partial charge in [-0.15, -0.1) is 0 Å². The highest BCUT2D eigenvalue weighted by Gasteiger charge is 2.22. The fourth-order valence-corrected chi connectivity index (χ4v) is 2.80. The third kappa shape index (κ3) is 4.53. The molecule has 0 aliphatic rings. The summed E-state index contributed by atoms with van der Waals surface area (Å²) in [4.78, 5) is 10.8. The zero-order chi connectivity index (χ0) is 14.6. The Bertz CT molecular complexity index is 439. The van der Waals surface area contributed by atoms with Crippen molar-refractivity contribution in [3.05, 3.63) is 28.8 Å². The molecule has 0 heterocycles. The van der Waals surface area contributed by atoms with E-state index in [2.05, 4.69) is 0 Å². The summed E-state index contributed by atoms with van der Waals surface area (Å²) in [6.45, 7) is 5.21. The number of aryl methyl sites for hydroxylation is 2. The second-order valence-electron chi connectivity index (χ2n) is 4.71. The first kappa shape index (κ1) is 16.0. The van der Waals surface area contributed by atoms with Gasteiger partial charge in [-0.1, -0.05) is 11.8 Å². The first-order valence-corrected chi connectivity index (χ1v) is 7.17. The van der Waals surface area contributed by atoms with Crippen LogP contribution in [0.15, 0.2) is 12.1 Å². The monoisotopic (exact) mass is 283 g/mol. The molecule has 0 spiro atoms. The van der Waals surface area contributed by atoms with E-state index in [0.29, 0.717) is 17.9 Å². The molecule has 0 aliphatic carbocycles. The Kier molecular flexibility index (Phi) is 5.85. The number of aliphatic hydroxyl groups excluding tert-OH is 2. The van der Waals surface area contributed by atoms with Gasteiger partial charge < -0.3 is 15.9 Å².